The van der Waals surface area contributed by atoms with Crippen molar-refractivity contribution in [2.45, 2.75) is 91.6 Å². The van der Waals surface area contributed by atoms with Gasteiger partial charge in [-0.1, -0.05) is 63.2 Å². The summed E-state index contributed by atoms with van der Waals surface area (Å²) < 4.78 is 52.7. The molecule has 3 atom stereocenters. The molecule has 0 aliphatic carbocycles. The molecule has 8 N–H and O–H groups in total. The van der Waals surface area contributed by atoms with Gasteiger partial charge in [0.1, 0.15) is 53.2 Å². The minimum absolute atomic E-state index is 0.0250. The highest BCUT2D eigenvalue weighted by atomic mass is 32.2. The van der Waals surface area contributed by atoms with Crippen molar-refractivity contribution in [3.63, 3.8) is 0 Å². The number of ether oxygens (including phenoxy) is 2. The number of aromatic nitrogens is 5. The van der Waals surface area contributed by atoms with Crippen LogP contribution < -0.4 is 35.9 Å². The lowest BCUT2D eigenvalue weighted by molar-refractivity contribution is -0.144. The Kier molecular flexibility index (Phi) is 17.1. The number of aryl methyl sites for hydroxylation is 1. The van der Waals surface area contributed by atoms with Gasteiger partial charge in [0.25, 0.3) is 5.91 Å². The number of primary amides is 1. The van der Waals surface area contributed by atoms with Crippen LogP contribution in [0.5, 0.6) is 11.6 Å². The number of β-amino-alcohol motifs (C(OH)–C–C–N with tert-alkyl or cyclic N) is 1. The number of sulfonamides is 1. The van der Waals surface area contributed by atoms with Crippen molar-refractivity contribution < 1.29 is 46.6 Å². The molecule has 1 aliphatic heterocycles. The lowest BCUT2D eigenvalue weighted by Gasteiger charge is -2.35. The molecule has 73 heavy (non-hydrogen) atoms. The van der Waals surface area contributed by atoms with E-state index in [0.717, 1.165) is 21.7 Å². The fourth-order valence-electron chi connectivity index (χ4n) is 7.90. The van der Waals surface area contributed by atoms with Gasteiger partial charge in [0.15, 0.2) is 0 Å². The van der Waals surface area contributed by atoms with Crippen LogP contribution in [0.1, 0.15) is 80.6 Å². The minimum Gasteiger partial charge on any atom is -0.487 e. The zero-order chi connectivity index (χ0) is 52.5. The van der Waals surface area contributed by atoms with Crippen LogP contribution in [0.3, 0.4) is 0 Å². The van der Waals surface area contributed by atoms with Gasteiger partial charge in [-0.05, 0) is 73.1 Å². The van der Waals surface area contributed by atoms with E-state index in [-0.39, 0.29) is 91.0 Å². The van der Waals surface area contributed by atoms with Gasteiger partial charge in [-0.3, -0.25) is 29.0 Å². The maximum Gasteiger partial charge on any atom is 0.254 e. The van der Waals surface area contributed by atoms with Gasteiger partial charge in [0, 0.05) is 31.5 Å². The molecule has 0 bridgehead atoms. The van der Waals surface area contributed by atoms with Crippen molar-refractivity contribution in [3.8, 4) is 33.3 Å². The van der Waals surface area contributed by atoms with Gasteiger partial charge >= 0.3 is 0 Å². The Hall–Kier alpha value is -7.50. The topological polar surface area (TPSA) is 286 Å². The number of carbonyl (C=O) groups excluding carboxylic acids is 4. The van der Waals surface area contributed by atoms with E-state index in [4.69, 9.17) is 15.2 Å². The summed E-state index contributed by atoms with van der Waals surface area (Å²) in [7, 11) is -3.70. The quantitative estimate of drug-likeness (QED) is 0.0386. The standard InChI is InChI=1S/C50H58FN11O9S2/c1-6-73(68,69)61-36-19-16-33(21-38(36)71-27-31-12-17-34(51)18-13-31)43-42(46(52)65)47(60-59-43)57-39-24-54-41(25-53-39)70-20-8-7-9-40(64)58-45(50(3,4)5)49(67)62-26-35(63)22-37(62)48(66)55-23-30-10-14-32(15-11-30)44-29(2)56-28-72-44/h10-19,21,24-25,28,35,37,45,61,63H,6-9,20,22-23,26-27H2,1-5H3,(H2,52,65)(H,55,66)(H,58,64)(H2,53,57,59,60)/t35-,37+,45-/m1/s1. The second-order valence-corrected chi connectivity index (χ2v) is 21.3. The largest absolute Gasteiger partial charge is 0.487 e. The van der Waals surface area contributed by atoms with Crippen LogP contribution in [-0.2, 0) is 37.6 Å². The number of hydrogen-bond acceptors (Lipinski definition) is 15. The molecule has 3 aromatic heterocycles. The number of unbranched alkanes of at least 4 members (excludes halogenated alkanes) is 1. The number of rotatable bonds is 22. The third kappa shape index (κ3) is 13.9. The molecule has 1 fully saturated rings. The van der Waals surface area contributed by atoms with E-state index in [0.29, 0.717) is 24.0 Å². The molecule has 4 amide bonds. The number of nitrogens with one attached hydrogen (secondary N) is 5. The Morgan fingerprint density at radius 2 is 1.70 bits per heavy atom. The first kappa shape index (κ1) is 53.3. The fourth-order valence-corrected chi connectivity index (χ4v) is 9.36. The first-order chi connectivity index (χ1) is 34.8. The Balaban J connectivity index is 0.895. The third-order valence-corrected chi connectivity index (χ3v) is 14.1. The predicted octanol–water partition coefficient (Wildman–Crippen LogP) is 5.98. The van der Waals surface area contributed by atoms with Crippen LogP contribution in [0.25, 0.3) is 21.7 Å². The Bertz CT molecular complexity index is 3020. The Labute approximate surface area is 425 Å². The lowest BCUT2D eigenvalue weighted by atomic mass is 9.85. The zero-order valence-corrected chi connectivity index (χ0v) is 42.5. The average molecular weight is 1040 g/mol. The maximum absolute atomic E-state index is 14.1. The second kappa shape index (κ2) is 23.4. The molecule has 1 aliphatic rings. The molecule has 23 heteroatoms. The van der Waals surface area contributed by atoms with E-state index in [2.05, 4.69) is 45.8 Å². The number of halogens is 1. The highest BCUT2D eigenvalue weighted by Crippen LogP contribution is 2.36. The van der Waals surface area contributed by atoms with E-state index in [1.54, 1.807) is 22.9 Å². The van der Waals surface area contributed by atoms with Crippen molar-refractivity contribution in [2.24, 2.45) is 11.1 Å². The van der Waals surface area contributed by atoms with Gasteiger partial charge in [0.2, 0.25) is 33.6 Å². The highest BCUT2D eigenvalue weighted by molar-refractivity contribution is 7.92. The summed E-state index contributed by atoms with van der Waals surface area (Å²) >= 11 is 1.56. The molecule has 0 spiro atoms. The summed E-state index contributed by atoms with van der Waals surface area (Å²) in [5, 5.41) is 26.4. The molecule has 0 saturated carbocycles. The van der Waals surface area contributed by atoms with Crippen molar-refractivity contribution in [1.29, 1.82) is 0 Å². The van der Waals surface area contributed by atoms with E-state index in [9.17, 15) is 37.1 Å². The number of nitrogens with zero attached hydrogens (tertiary/aromatic N) is 5. The summed E-state index contributed by atoms with van der Waals surface area (Å²) in [5.41, 5.74) is 11.0. The minimum atomic E-state index is -3.70. The lowest BCUT2D eigenvalue weighted by Crippen LogP contribution is -2.57. The first-order valence-electron chi connectivity index (χ1n) is 23.5. The number of aliphatic hydroxyl groups is 1. The molecule has 3 aromatic carbocycles. The van der Waals surface area contributed by atoms with E-state index < -0.39 is 57.2 Å². The number of H-pyrrole nitrogens is 1. The predicted molar refractivity (Wildman–Crippen MR) is 273 cm³/mol. The number of hydrogen-bond donors (Lipinski definition) is 7. The van der Waals surface area contributed by atoms with Crippen molar-refractivity contribution in [2.75, 3.05) is 28.9 Å². The number of benzene rings is 3. The molecular formula is C50H58FN11O9S2. The van der Waals surface area contributed by atoms with Crippen LogP contribution in [0.2, 0.25) is 0 Å². The summed E-state index contributed by atoms with van der Waals surface area (Å²) in [6, 6.07) is 16.1. The molecular weight excluding hydrogens is 982 g/mol. The summed E-state index contributed by atoms with van der Waals surface area (Å²) in [5.74, 6) is -2.04. The number of aliphatic hydroxyl groups excluding tert-OH is 1. The van der Waals surface area contributed by atoms with Crippen LogP contribution in [0.15, 0.2) is 84.6 Å². The molecule has 20 nitrogen and oxygen atoms in total. The molecule has 4 heterocycles. The highest BCUT2D eigenvalue weighted by Gasteiger charge is 2.44. The van der Waals surface area contributed by atoms with E-state index >= 15 is 0 Å². The number of anilines is 3. The SMILES string of the molecule is CCS(=O)(=O)Nc1ccc(-c2n[nH]c(Nc3cnc(OCCCCC(=O)N[C@H](C(=O)N4C[C@H](O)C[C@H]4C(=O)NCc4ccc(-c5scnc5C)cc4)C(C)(C)C)cn3)c2C(N)=O)cc1OCc1ccc(F)cc1. The van der Waals surface area contributed by atoms with Crippen LogP contribution in [0, 0.1) is 18.2 Å². The van der Waals surface area contributed by atoms with Crippen LogP contribution in [-0.4, -0.2) is 104 Å². The summed E-state index contributed by atoms with van der Waals surface area (Å²) in [4.78, 5) is 69.0. The normalized spacial score (nSPS) is 15.1. The number of thiazole rings is 1. The second-order valence-electron chi connectivity index (χ2n) is 18.4. The van der Waals surface area contributed by atoms with Gasteiger partial charge in [-0.15, -0.1) is 11.3 Å². The molecule has 6 aromatic rings. The van der Waals surface area contributed by atoms with Gasteiger partial charge in [0.05, 0.1) is 52.6 Å². The number of carbonyl (C=O) groups is 4. The van der Waals surface area contributed by atoms with Crippen molar-refractivity contribution in [1.82, 2.24) is 40.7 Å². The van der Waals surface area contributed by atoms with Crippen molar-refractivity contribution in [3.05, 3.63) is 113 Å². The molecule has 0 unspecified atom stereocenters. The number of nitrogens with two attached hydrogens (primary N) is 1. The summed E-state index contributed by atoms with van der Waals surface area (Å²) in [6.07, 6.45) is 2.87. The summed E-state index contributed by atoms with van der Waals surface area (Å²) in [6.45, 7) is 9.27. The van der Waals surface area contributed by atoms with E-state index in [1.807, 2.05) is 52.0 Å². The monoisotopic (exact) mass is 1040 g/mol. The zero-order valence-electron chi connectivity index (χ0n) is 40.9. The van der Waals surface area contributed by atoms with E-state index in [1.165, 1.54) is 60.6 Å². The third-order valence-electron chi connectivity index (χ3n) is 11.9. The first-order valence-corrected chi connectivity index (χ1v) is 26.0. The molecule has 386 valence electrons. The Morgan fingerprint density at radius 3 is 2.36 bits per heavy atom. The fraction of sp³-hybridized carbons (Fsp3) is 0.360. The number of likely N-dealkylation sites (tertiary alicyclic amines) is 1. The van der Waals surface area contributed by atoms with Gasteiger partial charge in [-0.25, -0.2) is 27.8 Å². The van der Waals surface area contributed by atoms with Gasteiger partial charge in [-0.2, -0.15) is 5.10 Å². The number of aromatic amines is 1. The maximum atomic E-state index is 14.1. The molecule has 7 rings (SSSR count). The average Bonchev–Trinajstić information content (AvgIpc) is 4.10. The molecule has 1 saturated heterocycles. The van der Waals surface area contributed by atoms with Gasteiger partial charge < -0.3 is 41.2 Å². The van der Waals surface area contributed by atoms with Crippen molar-refractivity contribution >= 4 is 62.3 Å². The van der Waals surface area contributed by atoms with Crippen LogP contribution >= 0.6 is 11.3 Å². The Morgan fingerprint density at radius 1 is 0.973 bits per heavy atom. The number of amides is 4. The van der Waals surface area contributed by atoms with Crippen LogP contribution in [0.4, 0.5) is 21.7 Å². The molecule has 0 radical (unpaired) electrons. The smallest absolute Gasteiger partial charge is 0.254 e.